The van der Waals surface area contributed by atoms with Crippen molar-refractivity contribution in [3.63, 3.8) is 0 Å². The van der Waals surface area contributed by atoms with Crippen molar-refractivity contribution in [2.45, 2.75) is 27.7 Å². The molecule has 0 spiro atoms. The lowest BCUT2D eigenvalue weighted by molar-refractivity contribution is 0.0766. The second kappa shape index (κ2) is 7.55. The van der Waals surface area contributed by atoms with E-state index in [4.69, 9.17) is 0 Å². The molecule has 0 unspecified atom stereocenters. The number of nitrogens with zero attached hydrogens (tertiary/aromatic N) is 3. The monoisotopic (exact) mass is 376 g/mol. The normalized spacial score (nSPS) is 10.5. The zero-order valence-electron chi connectivity index (χ0n) is 13.9. The number of hydrogen-bond acceptors (Lipinski definition) is 4. The van der Waals surface area contributed by atoms with Crippen molar-refractivity contribution >= 4 is 33.3 Å². The maximum Gasteiger partial charge on any atom is 0.272 e. The summed E-state index contributed by atoms with van der Waals surface area (Å²) in [5.41, 5.74) is 2.46. The summed E-state index contributed by atoms with van der Waals surface area (Å²) in [6, 6.07) is 7.67. The first-order valence-corrected chi connectivity index (χ1v) is 8.42. The van der Waals surface area contributed by atoms with Crippen molar-refractivity contribution in [3.8, 4) is 0 Å². The molecule has 2 rings (SSSR count). The van der Waals surface area contributed by atoms with E-state index in [1.165, 1.54) is 0 Å². The van der Waals surface area contributed by atoms with Crippen LogP contribution in [0.3, 0.4) is 0 Å². The van der Waals surface area contributed by atoms with Crippen LogP contribution < -0.4 is 5.32 Å². The molecule has 0 aliphatic heterocycles. The van der Waals surface area contributed by atoms with Crippen LogP contribution in [-0.4, -0.2) is 33.9 Å². The molecule has 0 atom stereocenters. The summed E-state index contributed by atoms with van der Waals surface area (Å²) in [6.07, 6.45) is 0. The van der Waals surface area contributed by atoms with E-state index < -0.39 is 0 Å². The lowest BCUT2D eigenvalue weighted by Crippen LogP contribution is -2.31. The Morgan fingerprint density at radius 3 is 2.48 bits per heavy atom. The van der Waals surface area contributed by atoms with Gasteiger partial charge in [0.2, 0.25) is 0 Å². The van der Waals surface area contributed by atoms with Gasteiger partial charge in [-0.25, -0.2) is 9.97 Å². The second-order valence-electron chi connectivity index (χ2n) is 5.25. The molecule has 0 radical (unpaired) electrons. The Hall–Kier alpha value is -1.95. The van der Waals surface area contributed by atoms with Crippen molar-refractivity contribution in [2.24, 2.45) is 0 Å². The van der Waals surface area contributed by atoms with E-state index in [0.29, 0.717) is 30.4 Å². The van der Waals surface area contributed by atoms with Crippen LogP contribution in [0.4, 0.5) is 11.5 Å². The van der Waals surface area contributed by atoms with E-state index in [0.717, 1.165) is 15.7 Å². The first-order chi connectivity index (χ1) is 10.9. The summed E-state index contributed by atoms with van der Waals surface area (Å²) < 4.78 is 1.02. The fourth-order valence-corrected chi connectivity index (χ4v) is 2.79. The molecule has 0 aliphatic carbocycles. The van der Waals surface area contributed by atoms with Crippen molar-refractivity contribution in [2.75, 3.05) is 18.4 Å². The predicted octanol–water partition coefficient (Wildman–Crippen LogP) is 4.08. The summed E-state index contributed by atoms with van der Waals surface area (Å²) in [6.45, 7) is 9.04. The highest BCUT2D eigenvalue weighted by Crippen LogP contribution is 2.23. The Morgan fingerprint density at radius 1 is 1.17 bits per heavy atom. The van der Waals surface area contributed by atoms with Crippen LogP contribution in [0, 0.1) is 13.8 Å². The summed E-state index contributed by atoms with van der Waals surface area (Å²) in [5, 5.41) is 3.27. The Morgan fingerprint density at radius 2 is 1.87 bits per heavy atom. The van der Waals surface area contributed by atoms with E-state index in [-0.39, 0.29) is 5.91 Å². The minimum atomic E-state index is -0.0731. The molecule has 0 aliphatic rings. The number of carbonyl (C=O) groups is 1. The molecule has 0 bridgehead atoms. The highest BCUT2D eigenvalue weighted by molar-refractivity contribution is 9.10. The van der Waals surface area contributed by atoms with Crippen LogP contribution in [0.15, 0.2) is 28.7 Å². The first kappa shape index (κ1) is 17.4. The Balaban J connectivity index is 2.32. The number of amides is 1. The SMILES string of the molecule is CCN(CC)C(=O)c1cc(Nc2ccc(Br)cc2C)nc(C)n1. The zero-order valence-corrected chi connectivity index (χ0v) is 15.4. The lowest BCUT2D eigenvalue weighted by atomic mass is 10.2. The third-order valence-electron chi connectivity index (χ3n) is 3.56. The number of rotatable bonds is 5. The number of carbonyl (C=O) groups excluding carboxylic acids is 1. The smallest absolute Gasteiger partial charge is 0.272 e. The number of aryl methyl sites for hydroxylation is 2. The average molecular weight is 377 g/mol. The average Bonchev–Trinajstić information content (AvgIpc) is 2.50. The number of nitrogens with one attached hydrogen (secondary N) is 1. The van der Waals surface area contributed by atoms with Crippen LogP contribution in [-0.2, 0) is 0 Å². The van der Waals surface area contributed by atoms with Gasteiger partial charge in [0.15, 0.2) is 0 Å². The van der Waals surface area contributed by atoms with Gasteiger partial charge in [0.05, 0.1) is 0 Å². The van der Waals surface area contributed by atoms with E-state index in [1.807, 2.05) is 39.0 Å². The van der Waals surface area contributed by atoms with Gasteiger partial charge in [-0.15, -0.1) is 0 Å². The Kier molecular flexibility index (Phi) is 5.71. The third-order valence-corrected chi connectivity index (χ3v) is 4.05. The molecule has 1 aromatic carbocycles. The van der Waals surface area contributed by atoms with Gasteiger partial charge in [-0.05, 0) is 51.5 Å². The van der Waals surface area contributed by atoms with Crippen molar-refractivity contribution < 1.29 is 4.79 Å². The van der Waals surface area contributed by atoms with Crippen molar-refractivity contribution in [3.05, 3.63) is 45.8 Å². The standard InChI is InChI=1S/C17H21BrN4O/c1-5-22(6-2)17(23)15-10-16(20-12(4)19-15)21-14-8-7-13(18)9-11(14)3/h7-10H,5-6H2,1-4H3,(H,19,20,21). The molecule has 5 nitrogen and oxygen atoms in total. The molecule has 0 saturated heterocycles. The minimum Gasteiger partial charge on any atom is -0.340 e. The molecular formula is C17H21BrN4O. The van der Waals surface area contributed by atoms with Gasteiger partial charge in [0, 0.05) is 29.3 Å². The van der Waals surface area contributed by atoms with E-state index in [2.05, 4.69) is 31.2 Å². The number of aromatic nitrogens is 2. The number of benzene rings is 1. The van der Waals surface area contributed by atoms with E-state index in [9.17, 15) is 4.79 Å². The third kappa shape index (κ3) is 4.28. The van der Waals surface area contributed by atoms with Crippen LogP contribution in [0.25, 0.3) is 0 Å². The van der Waals surface area contributed by atoms with Crippen molar-refractivity contribution in [1.82, 2.24) is 14.9 Å². The van der Waals surface area contributed by atoms with Crippen LogP contribution in [0.2, 0.25) is 0 Å². The zero-order chi connectivity index (χ0) is 17.0. The summed E-state index contributed by atoms with van der Waals surface area (Å²) in [4.78, 5) is 22.9. The molecule has 1 aromatic heterocycles. The minimum absolute atomic E-state index is 0.0731. The Labute approximate surface area is 145 Å². The van der Waals surface area contributed by atoms with E-state index in [1.54, 1.807) is 17.9 Å². The molecule has 0 fully saturated rings. The molecule has 1 N–H and O–H groups in total. The summed E-state index contributed by atoms with van der Waals surface area (Å²) in [5.74, 6) is 1.12. The van der Waals surface area contributed by atoms with Gasteiger partial charge in [-0.2, -0.15) is 0 Å². The topological polar surface area (TPSA) is 58.1 Å². The van der Waals surface area contributed by atoms with Gasteiger partial charge in [-0.3, -0.25) is 4.79 Å². The lowest BCUT2D eigenvalue weighted by Gasteiger charge is -2.18. The molecule has 23 heavy (non-hydrogen) atoms. The highest BCUT2D eigenvalue weighted by Gasteiger charge is 2.16. The molecular weight excluding hydrogens is 356 g/mol. The molecule has 6 heteroatoms. The molecule has 0 saturated carbocycles. The van der Waals surface area contributed by atoms with Gasteiger partial charge in [-0.1, -0.05) is 15.9 Å². The fourth-order valence-electron chi connectivity index (χ4n) is 2.32. The van der Waals surface area contributed by atoms with Crippen LogP contribution >= 0.6 is 15.9 Å². The number of halogens is 1. The first-order valence-electron chi connectivity index (χ1n) is 7.62. The van der Waals surface area contributed by atoms with Gasteiger partial charge in [0.25, 0.3) is 5.91 Å². The van der Waals surface area contributed by atoms with Gasteiger partial charge >= 0.3 is 0 Å². The second-order valence-corrected chi connectivity index (χ2v) is 6.16. The number of hydrogen-bond donors (Lipinski definition) is 1. The number of anilines is 2. The largest absolute Gasteiger partial charge is 0.340 e. The van der Waals surface area contributed by atoms with Crippen LogP contribution in [0.1, 0.15) is 35.7 Å². The Bertz CT molecular complexity index is 714. The van der Waals surface area contributed by atoms with Crippen LogP contribution in [0.5, 0.6) is 0 Å². The maximum absolute atomic E-state index is 12.5. The molecule has 2 aromatic rings. The molecule has 122 valence electrons. The van der Waals surface area contributed by atoms with Gasteiger partial charge in [0.1, 0.15) is 17.3 Å². The van der Waals surface area contributed by atoms with E-state index >= 15 is 0 Å². The van der Waals surface area contributed by atoms with Crippen molar-refractivity contribution in [1.29, 1.82) is 0 Å². The quantitative estimate of drug-likeness (QED) is 0.853. The highest BCUT2D eigenvalue weighted by atomic mass is 79.9. The molecule has 1 amide bonds. The fraction of sp³-hybridized carbons (Fsp3) is 0.353. The molecule has 1 heterocycles. The predicted molar refractivity (Wildman–Crippen MR) is 96.2 cm³/mol. The summed E-state index contributed by atoms with van der Waals surface area (Å²) >= 11 is 3.45. The van der Waals surface area contributed by atoms with Gasteiger partial charge < -0.3 is 10.2 Å². The summed E-state index contributed by atoms with van der Waals surface area (Å²) in [7, 11) is 0. The maximum atomic E-state index is 12.5.